The van der Waals surface area contributed by atoms with Gasteiger partial charge in [-0.15, -0.1) is 0 Å². The van der Waals surface area contributed by atoms with Gasteiger partial charge in [-0.1, -0.05) is 18.2 Å². The maximum atomic E-state index is 11.8. The molecule has 0 spiro atoms. The van der Waals surface area contributed by atoms with Crippen LogP contribution in [0.25, 0.3) is 0 Å². The van der Waals surface area contributed by atoms with Crippen molar-refractivity contribution in [1.82, 2.24) is 10.2 Å². The number of anilines is 1. The Hall–Kier alpha value is -1.39. The third kappa shape index (κ3) is 3.54. The topological polar surface area (TPSA) is 44.4 Å². The summed E-state index contributed by atoms with van der Waals surface area (Å²) in [6.07, 6.45) is 1.12. The fourth-order valence-corrected chi connectivity index (χ4v) is 2.14. The van der Waals surface area contributed by atoms with Crippen molar-refractivity contribution in [1.29, 1.82) is 0 Å². The molecule has 0 radical (unpaired) electrons. The van der Waals surface area contributed by atoms with Crippen molar-refractivity contribution in [3.05, 3.63) is 30.3 Å². The number of para-hydroxylation sites is 1. The minimum atomic E-state index is 0.0629. The van der Waals surface area contributed by atoms with Crippen LogP contribution in [-0.4, -0.2) is 43.5 Å². The third-order valence-corrected chi connectivity index (χ3v) is 3.11. The van der Waals surface area contributed by atoms with Crippen LogP contribution in [0.15, 0.2) is 30.3 Å². The van der Waals surface area contributed by atoms with E-state index in [9.17, 15) is 4.79 Å². The van der Waals surface area contributed by atoms with Crippen molar-refractivity contribution in [2.45, 2.75) is 12.5 Å². The van der Waals surface area contributed by atoms with Gasteiger partial charge < -0.3 is 10.6 Å². The lowest BCUT2D eigenvalue weighted by molar-refractivity contribution is -0.117. The van der Waals surface area contributed by atoms with Crippen LogP contribution in [0.2, 0.25) is 0 Å². The molecule has 2 N–H and O–H groups in total. The zero-order valence-corrected chi connectivity index (χ0v) is 10.1. The highest BCUT2D eigenvalue weighted by Crippen LogP contribution is 2.09. The summed E-state index contributed by atoms with van der Waals surface area (Å²) in [7, 11) is 1.97. The molecule has 1 saturated heterocycles. The monoisotopic (exact) mass is 233 g/mol. The molecule has 0 aliphatic carbocycles. The van der Waals surface area contributed by atoms with Crippen molar-refractivity contribution >= 4 is 11.6 Å². The number of amides is 1. The summed E-state index contributed by atoms with van der Waals surface area (Å²) in [5.74, 6) is 0.0629. The number of likely N-dealkylation sites (N-methyl/N-ethyl adjacent to an activating group) is 1. The molecule has 1 aromatic carbocycles. The maximum absolute atomic E-state index is 11.8. The molecule has 1 aliphatic rings. The number of hydrogen-bond donors (Lipinski definition) is 2. The molecule has 1 heterocycles. The largest absolute Gasteiger partial charge is 0.325 e. The lowest BCUT2D eigenvalue weighted by Gasteiger charge is -2.15. The van der Waals surface area contributed by atoms with Crippen LogP contribution in [0.5, 0.6) is 0 Å². The van der Waals surface area contributed by atoms with E-state index in [-0.39, 0.29) is 5.91 Å². The number of nitrogens with one attached hydrogen (secondary N) is 2. The first-order valence-electron chi connectivity index (χ1n) is 6.02. The average molecular weight is 233 g/mol. The Morgan fingerprint density at radius 1 is 1.41 bits per heavy atom. The molecule has 4 heteroatoms. The Kier molecular flexibility index (Phi) is 4.12. The van der Waals surface area contributed by atoms with Crippen molar-refractivity contribution in [3.8, 4) is 0 Å². The van der Waals surface area contributed by atoms with Gasteiger partial charge in [0.25, 0.3) is 0 Å². The van der Waals surface area contributed by atoms with E-state index in [0.717, 1.165) is 25.2 Å². The zero-order chi connectivity index (χ0) is 12.1. The Morgan fingerprint density at radius 3 is 2.82 bits per heavy atom. The molecule has 1 aliphatic heterocycles. The summed E-state index contributed by atoms with van der Waals surface area (Å²) in [5, 5.41) is 6.14. The van der Waals surface area contributed by atoms with E-state index in [4.69, 9.17) is 0 Å². The number of carbonyl (C=O) groups is 1. The Balaban J connectivity index is 1.78. The molecule has 1 aromatic rings. The standard InChI is InChI=1S/C13H19N3O/c1-14-12-7-8-16(9-12)10-13(17)15-11-5-3-2-4-6-11/h2-6,12,14H,7-10H2,1H3,(H,15,17). The third-order valence-electron chi connectivity index (χ3n) is 3.11. The molecular formula is C13H19N3O. The van der Waals surface area contributed by atoms with Crippen LogP contribution in [-0.2, 0) is 4.79 Å². The molecule has 4 nitrogen and oxygen atoms in total. The highest BCUT2D eigenvalue weighted by atomic mass is 16.2. The second-order valence-electron chi connectivity index (χ2n) is 4.42. The van der Waals surface area contributed by atoms with Gasteiger partial charge in [-0.3, -0.25) is 9.69 Å². The first-order valence-corrected chi connectivity index (χ1v) is 6.02. The van der Waals surface area contributed by atoms with Gasteiger partial charge in [0.2, 0.25) is 5.91 Å². The number of carbonyl (C=O) groups excluding carboxylic acids is 1. The SMILES string of the molecule is CNC1CCN(CC(=O)Nc2ccccc2)C1. The fourth-order valence-electron chi connectivity index (χ4n) is 2.14. The van der Waals surface area contributed by atoms with Crippen LogP contribution in [0, 0.1) is 0 Å². The minimum Gasteiger partial charge on any atom is -0.325 e. The van der Waals surface area contributed by atoms with Gasteiger partial charge in [-0.25, -0.2) is 0 Å². The fraction of sp³-hybridized carbons (Fsp3) is 0.462. The normalized spacial score (nSPS) is 20.4. The molecule has 1 fully saturated rings. The van der Waals surface area contributed by atoms with Gasteiger partial charge in [0.1, 0.15) is 0 Å². The van der Waals surface area contributed by atoms with Crippen LogP contribution in [0.3, 0.4) is 0 Å². The Labute approximate surface area is 102 Å². The summed E-state index contributed by atoms with van der Waals surface area (Å²) in [6, 6.07) is 10.1. The molecule has 92 valence electrons. The average Bonchev–Trinajstić information content (AvgIpc) is 2.78. The molecule has 1 amide bonds. The lowest BCUT2D eigenvalue weighted by atomic mass is 10.3. The van der Waals surface area contributed by atoms with Gasteiger partial charge in [-0.05, 0) is 25.6 Å². The second kappa shape index (κ2) is 5.80. The number of benzene rings is 1. The van der Waals surface area contributed by atoms with Crippen LogP contribution >= 0.6 is 0 Å². The van der Waals surface area contributed by atoms with E-state index in [1.54, 1.807) is 0 Å². The minimum absolute atomic E-state index is 0.0629. The maximum Gasteiger partial charge on any atom is 0.238 e. The lowest BCUT2D eigenvalue weighted by Crippen LogP contribution is -2.34. The molecule has 0 aromatic heterocycles. The molecule has 0 saturated carbocycles. The first-order chi connectivity index (χ1) is 8.28. The highest BCUT2D eigenvalue weighted by Gasteiger charge is 2.22. The molecule has 2 rings (SSSR count). The van der Waals surface area contributed by atoms with Crippen LogP contribution < -0.4 is 10.6 Å². The predicted molar refractivity (Wildman–Crippen MR) is 69.0 cm³/mol. The summed E-state index contributed by atoms with van der Waals surface area (Å²) in [4.78, 5) is 14.0. The second-order valence-corrected chi connectivity index (χ2v) is 4.42. The van der Waals surface area contributed by atoms with Gasteiger partial charge >= 0.3 is 0 Å². The van der Waals surface area contributed by atoms with Crippen molar-refractivity contribution in [2.75, 3.05) is 32.0 Å². The summed E-state index contributed by atoms with van der Waals surface area (Å²) < 4.78 is 0. The predicted octanol–water partition coefficient (Wildman–Crippen LogP) is 0.919. The highest BCUT2D eigenvalue weighted by molar-refractivity contribution is 5.92. The summed E-state index contributed by atoms with van der Waals surface area (Å²) >= 11 is 0. The number of hydrogen-bond acceptors (Lipinski definition) is 3. The summed E-state index contributed by atoms with van der Waals surface area (Å²) in [6.45, 7) is 2.43. The first kappa shape index (κ1) is 12.1. The van der Waals surface area contributed by atoms with Gasteiger partial charge in [0.05, 0.1) is 6.54 Å². The zero-order valence-electron chi connectivity index (χ0n) is 10.1. The molecule has 17 heavy (non-hydrogen) atoms. The van der Waals surface area contributed by atoms with Crippen LogP contribution in [0.4, 0.5) is 5.69 Å². The van der Waals surface area contributed by atoms with E-state index in [1.165, 1.54) is 0 Å². The molecule has 0 bridgehead atoms. The molecule has 1 atom stereocenters. The smallest absolute Gasteiger partial charge is 0.238 e. The van der Waals surface area contributed by atoms with Crippen molar-refractivity contribution in [3.63, 3.8) is 0 Å². The van der Waals surface area contributed by atoms with E-state index in [1.807, 2.05) is 37.4 Å². The van der Waals surface area contributed by atoms with Crippen molar-refractivity contribution < 1.29 is 4.79 Å². The van der Waals surface area contributed by atoms with E-state index >= 15 is 0 Å². The van der Waals surface area contributed by atoms with Gasteiger partial charge in [0.15, 0.2) is 0 Å². The number of rotatable bonds is 4. The van der Waals surface area contributed by atoms with Crippen molar-refractivity contribution in [2.24, 2.45) is 0 Å². The van der Waals surface area contributed by atoms with Gasteiger partial charge in [0, 0.05) is 24.8 Å². The molecular weight excluding hydrogens is 214 g/mol. The van der Waals surface area contributed by atoms with E-state index in [0.29, 0.717) is 12.6 Å². The molecule has 1 unspecified atom stereocenters. The Morgan fingerprint density at radius 2 is 2.18 bits per heavy atom. The van der Waals surface area contributed by atoms with E-state index in [2.05, 4.69) is 15.5 Å². The van der Waals surface area contributed by atoms with E-state index < -0.39 is 0 Å². The Bertz CT molecular complexity index is 366. The summed E-state index contributed by atoms with van der Waals surface area (Å²) in [5.41, 5.74) is 0.863. The number of likely N-dealkylation sites (tertiary alicyclic amines) is 1. The number of nitrogens with zero attached hydrogens (tertiary/aromatic N) is 1. The van der Waals surface area contributed by atoms with Crippen LogP contribution in [0.1, 0.15) is 6.42 Å². The quantitative estimate of drug-likeness (QED) is 0.813. The van der Waals surface area contributed by atoms with Gasteiger partial charge in [-0.2, -0.15) is 0 Å².